The van der Waals surface area contributed by atoms with Gasteiger partial charge in [0.15, 0.2) is 5.82 Å². The molecule has 0 unspecified atom stereocenters. The van der Waals surface area contributed by atoms with Gasteiger partial charge in [0.2, 0.25) is 5.88 Å². The molecular weight excluding hydrogens is 324 g/mol. The van der Waals surface area contributed by atoms with E-state index in [9.17, 15) is 0 Å². The first-order valence-corrected chi connectivity index (χ1v) is 6.69. The number of halogens is 1. The minimum atomic E-state index is 0.281. The van der Waals surface area contributed by atoms with Gasteiger partial charge < -0.3 is 14.9 Å². The highest BCUT2D eigenvalue weighted by molar-refractivity contribution is 9.10. The van der Waals surface area contributed by atoms with Crippen molar-refractivity contribution in [3.05, 3.63) is 40.1 Å². The molecule has 3 N–H and O–H groups in total. The Morgan fingerprint density at radius 2 is 2.10 bits per heavy atom. The van der Waals surface area contributed by atoms with Crippen LogP contribution in [0, 0.1) is 6.92 Å². The van der Waals surface area contributed by atoms with Gasteiger partial charge in [0.25, 0.3) is 0 Å². The molecule has 1 aromatic carbocycles. The molecule has 6 nitrogen and oxygen atoms in total. The number of aromatic nitrogens is 2. The molecule has 0 radical (unpaired) electrons. The van der Waals surface area contributed by atoms with Crippen molar-refractivity contribution in [2.45, 2.75) is 13.5 Å². The predicted molar refractivity (Wildman–Crippen MR) is 79.5 cm³/mol. The van der Waals surface area contributed by atoms with Crippen molar-refractivity contribution < 1.29 is 9.47 Å². The van der Waals surface area contributed by atoms with Crippen molar-refractivity contribution in [1.29, 1.82) is 0 Å². The Balaban J connectivity index is 2.32. The molecule has 0 saturated carbocycles. The lowest BCUT2D eigenvalue weighted by Crippen LogP contribution is -2.11. The molecule has 0 aliphatic rings. The second-order valence-electron chi connectivity index (χ2n) is 4.10. The van der Waals surface area contributed by atoms with E-state index in [1.165, 1.54) is 0 Å². The Morgan fingerprint density at radius 3 is 2.80 bits per heavy atom. The summed E-state index contributed by atoms with van der Waals surface area (Å²) in [5.74, 6) is 7.46. The van der Waals surface area contributed by atoms with Crippen LogP contribution in [-0.2, 0) is 11.3 Å². The van der Waals surface area contributed by atoms with Gasteiger partial charge in [0.1, 0.15) is 18.2 Å². The summed E-state index contributed by atoms with van der Waals surface area (Å²) >= 11 is 3.41. The average molecular weight is 339 g/mol. The lowest BCUT2D eigenvalue weighted by Gasteiger charge is -2.10. The molecule has 106 valence electrons. The second-order valence-corrected chi connectivity index (χ2v) is 5.01. The van der Waals surface area contributed by atoms with Gasteiger partial charge in [0, 0.05) is 17.6 Å². The van der Waals surface area contributed by atoms with Crippen molar-refractivity contribution in [2.75, 3.05) is 12.5 Å². The van der Waals surface area contributed by atoms with Gasteiger partial charge in [-0.25, -0.2) is 10.8 Å². The number of nitrogen functional groups attached to an aromatic ring is 1. The van der Waals surface area contributed by atoms with E-state index in [1.807, 2.05) is 25.1 Å². The molecule has 0 amide bonds. The fourth-order valence-electron chi connectivity index (χ4n) is 1.59. The minimum absolute atomic E-state index is 0.281. The maximum atomic E-state index is 5.79. The highest BCUT2D eigenvalue weighted by atomic mass is 79.9. The van der Waals surface area contributed by atoms with E-state index in [-0.39, 0.29) is 6.61 Å². The Bertz CT molecular complexity index is 607. The molecule has 1 aromatic heterocycles. The number of ether oxygens (including phenoxy) is 2. The van der Waals surface area contributed by atoms with Crippen molar-refractivity contribution in [2.24, 2.45) is 5.84 Å². The van der Waals surface area contributed by atoms with E-state index in [1.54, 1.807) is 13.2 Å². The quantitative estimate of drug-likeness (QED) is 0.644. The summed E-state index contributed by atoms with van der Waals surface area (Å²) in [6.07, 6.45) is 0. The number of benzene rings is 1. The van der Waals surface area contributed by atoms with E-state index in [4.69, 9.17) is 15.3 Å². The molecule has 2 aromatic rings. The van der Waals surface area contributed by atoms with Gasteiger partial charge in [-0.1, -0.05) is 22.0 Å². The molecule has 0 aliphatic carbocycles. The van der Waals surface area contributed by atoms with Crippen molar-refractivity contribution in [1.82, 2.24) is 9.97 Å². The van der Waals surface area contributed by atoms with Crippen LogP contribution >= 0.6 is 15.9 Å². The van der Waals surface area contributed by atoms with Crippen LogP contribution in [0.15, 0.2) is 28.7 Å². The number of nitrogens with two attached hydrogens (primary N) is 1. The maximum Gasteiger partial charge on any atom is 0.224 e. The Morgan fingerprint density at radius 1 is 1.30 bits per heavy atom. The third-order valence-electron chi connectivity index (χ3n) is 2.53. The Kier molecular flexibility index (Phi) is 4.89. The second kappa shape index (κ2) is 6.65. The van der Waals surface area contributed by atoms with Gasteiger partial charge in [-0.05, 0) is 24.6 Å². The highest BCUT2D eigenvalue weighted by Gasteiger charge is 2.08. The minimum Gasteiger partial charge on any atom is -0.439 e. The van der Waals surface area contributed by atoms with Crippen LogP contribution < -0.4 is 16.0 Å². The van der Waals surface area contributed by atoms with E-state index in [0.29, 0.717) is 23.3 Å². The number of methoxy groups -OCH3 is 1. The standard InChI is InChI=1S/C13H15BrN4O2/c1-8-3-4-9(14)5-10(8)20-13-6-11(18-15)16-12(17-13)7-19-2/h3-6H,7,15H2,1-2H3,(H,16,17,18). The highest BCUT2D eigenvalue weighted by Crippen LogP contribution is 2.28. The number of nitrogens with zero attached hydrogens (tertiary/aromatic N) is 2. The summed E-state index contributed by atoms with van der Waals surface area (Å²) in [7, 11) is 1.57. The molecule has 0 aliphatic heterocycles. The van der Waals surface area contributed by atoms with Crippen molar-refractivity contribution >= 4 is 21.7 Å². The van der Waals surface area contributed by atoms with Gasteiger partial charge in [-0.2, -0.15) is 4.98 Å². The fourth-order valence-corrected chi connectivity index (χ4v) is 1.93. The Labute approximate surface area is 125 Å². The summed E-state index contributed by atoms with van der Waals surface area (Å²) in [4.78, 5) is 8.43. The van der Waals surface area contributed by atoms with Crippen LogP contribution in [0.1, 0.15) is 11.4 Å². The van der Waals surface area contributed by atoms with Gasteiger partial charge in [-0.15, -0.1) is 0 Å². The Hall–Kier alpha value is -1.70. The number of rotatable bonds is 5. The summed E-state index contributed by atoms with van der Waals surface area (Å²) in [5.41, 5.74) is 3.48. The van der Waals surface area contributed by atoms with Crippen LogP contribution in [0.3, 0.4) is 0 Å². The van der Waals surface area contributed by atoms with Crippen LogP contribution in [0.5, 0.6) is 11.6 Å². The first kappa shape index (κ1) is 14.7. The molecule has 1 heterocycles. The lowest BCUT2D eigenvalue weighted by atomic mass is 10.2. The smallest absolute Gasteiger partial charge is 0.224 e. The summed E-state index contributed by atoms with van der Waals surface area (Å²) in [6.45, 7) is 2.24. The zero-order chi connectivity index (χ0) is 14.5. The molecule has 7 heteroatoms. The number of anilines is 1. The van der Waals surface area contributed by atoms with Gasteiger partial charge in [-0.3, -0.25) is 0 Å². The molecular formula is C13H15BrN4O2. The summed E-state index contributed by atoms with van der Waals surface area (Å²) < 4.78 is 11.7. The number of aryl methyl sites for hydroxylation is 1. The van der Waals surface area contributed by atoms with Crippen molar-refractivity contribution in [3.8, 4) is 11.6 Å². The molecule has 0 spiro atoms. The van der Waals surface area contributed by atoms with Crippen LogP contribution in [0.25, 0.3) is 0 Å². The lowest BCUT2D eigenvalue weighted by molar-refractivity contribution is 0.177. The molecule has 0 atom stereocenters. The zero-order valence-corrected chi connectivity index (χ0v) is 12.8. The maximum absolute atomic E-state index is 5.79. The number of nitrogens with one attached hydrogen (secondary N) is 1. The van der Waals surface area contributed by atoms with E-state index >= 15 is 0 Å². The topological polar surface area (TPSA) is 82.3 Å². The third-order valence-corrected chi connectivity index (χ3v) is 3.03. The van der Waals surface area contributed by atoms with Crippen LogP contribution in [0.2, 0.25) is 0 Å². The van der Waals surface area contributed by atoms with E-state index in [2.05, 4.69) is 31.3 Å². The first-order chi connectivity index (χ1) is 9.62. The molecule has 0 fully saturated rings. The SMILES string of the molecule is COCc1nc(NN)cc(Oc2cc(Br)ccc2C)n1. The fraction of sp³-hybridized carbons (Fsp3) is 0.231. The molecule has 0 saturated heterocycles. The van der Waals surface area contributed by atoms with E-state index in [0.717, 1.165) is 10.0 Å². The monoisotopic (exact) mass is 338 g/mol. The average Bonchev–Trinajstić information content (AvgIpc) is 2.43. The predicted octanol–water partition coefficient (Wildman–Crippen LogP) is 2.77. The molecule has 2 rings (SSSR count). The van der Waals surface area contributed by atoms with Crippen molar-refractivity contribution in [3.63, 3.8) is 0 Å². The molecule has 0 bridgehead atoms. The van der Waals surface area contributed by atoms with Gasteiger partial charge in [0.05, 0.1) is 0 Å². The number of hydrogen-bond donors (Lipinski definition) is 2. The number of hydrogen-bond acceptors (Lipinski definition) is 6. The van der Waals surface area contributed by atoms with Gasteiger partial charge >= 0.3 is 0 Å². The normalized spacial score (nSPS) is 10.4. The number of hydrazine groups is 1. The summed E-state index contributed by atoms with van der Waals surface area (Å²) in [5, 5.41) is 0. The third kappa shape index (κ3) is 3.66. The largest absolute Gasteiger partial charge is 0.439 e. The molecule has 20 heavy (non-hydrogen) atoms. The van der Waals surface area contributed by atoms with E-state index < -0.39 is 0 Å². The summed E-state index contributed by atoms with van der Waals surface area (Å²) in [6, 6.07) is 7.41. The van der Waals surface area contributed by atoms with Crippen LogP contribution in [0.4, 0.5) is 5.82 Å². The van der Waals surface area contributed by atoms with Crippen LogP contribution in [-0.4, -0.2) is 17.1 Å². The first-order valence-electron chi connectivity index (χ1n) is 5.90. The zero-order valence-electron chi connectivity index (χ0n) is 11.2.